The maximum atomic E-state index is 13.7. The molecule has 1 heterocycles. The average molecular weight is 423 g/mol. The lowest BCUT2D eigenvalue weighted by molar-refractivity contribution is 0.0941. The highest BCUT2D eigenvalue weighted by atomic mass is 79.9. The summed E-state index contributed by atoms with van der Waals surface area (Å²) >= 11 is 9.47. The Morgan fingerprint density at radius 3 is 2.76 bits per heavy atom. The van der Waals surface area contributed by atoms with Crippen LogP contribution in [0.5, 0.6) is 0 Å². The van der Waals surface area contributed by atoms with Gasteiger partial charge in [0.1, 0.15) is 17.7 Å². The first-order valence-electron chi connectivity index (χ1n) is 7.44. The van der Waals surface area contributed by atoms with Crippen LogP contribution >= 0.6 is 27.5 Å². The molecule has 2 aromatic carbocycles. The van der Waals surface area contributed by atoms with Crippen molar-refractivity contribution < 1.29 is 9.18 Å². The fourth-order valence-corrected chi connectivity index (χ4v) is 3.28. The standard InChI is InChI=1S/C18H14BrClFN3O/c1-24-8-7-22-17(24)16(11-3-2-4-13(21)9-11)23-18(25)14-6-5-12(19)10-15(14)20/h2-10,16H,1H3,(H,23,25). The van der Waals surface area contributed by atoms with Crippen LogP contribution in [0.4, 0.5) is 4.39 Å². The van der Waals surface area contributed by atoms with E-state index in [0.717, 1.165) is 4.47 Å². The summed E-state index contributed by atoms with van der Waals surface area (Å²) in [7, 11) is 1.81. The molecule has 1 amide bonds. The van der Waals surface area contributed by atoms with Crippen LogP contribution in [-0.2, 0) is 7.05 Å². The molecule has 4 nitrogen and oxygen atoms in total. The van der Waals surface area contributed by atoms with E-state index in [2.05, 4.69) is 26.2 Å². The van der Waals surface area contributed by atoms with Gasteiger partial charge in [-0.2, -0.15) is 0 Å². The summed E-state index contributed by atoms with van der Waals surface area (Å²) in [5.74, 6) is -0.158. The fraction of sp³-hybridized carbons (Fsp3) is 0.111. The van der Waals surface area contributed by atoms with E-state index in [1.54, 1.807) is 47.3 Å². The van der Waals surface area contributed by atoms with E-state index < -0.39 is 6.04 Å². The SMILES string of the molecule is Cn1ccnc1C(NC(=O)c1ccc(Br)cc1Cl)c1cccc(F)c1. The highest BCUT2D eigenvalue weighted by Gasteiger charge is 2.23. The van der Waals surface area contributed by atoms with Gasteiger partial charge < -0.3 is 9.88 Å². The molecule has 0 aliphatic carbocycles. The van der Waals surface area contributed by atoms with Crippen molar-refractivity contribution >= 4 is 33.4 Å². The van der Waals surface area contributed by atoms with Crippen LogP contribution in [0, 0.1) is 5.82 Å². The van der Waals surface area contributed by atoms with Crippen molar-refractivity contribution in [2.45, 2.75) is 6.04 Å². The first-order chi connectivity index (χ1) is 12.0. The second-order valence-electron chi connectivity index (χ2n) is 5.48. The molecule has 1 aromatic heterocycles. The molecule has 1 atom stereocenters. The maximum Gasteiger partial charge on any atom is 0.253 e. The Kier molecular flexibility index (Phi) is 5.20. The third-order valence-corrected chi connectivity index (χ3v) is 4.56. The van der Waals surface area contributed by atoms with Crippen molar-refractivity contribution in [1.29, 1.82) is 0 Å². The molecule has 0 spiro atoms. The Morgan fingerprint density at radius 2 is 2.12 bits per heavy atom. The molecule has 25 heavy (non-hydrogen) atoms. The number of amides is 1. The summed E-state index contributed by atoms with van der Waals surface area (Å²) in [5, 5.41) is 3.22. The number of benzene rings is 2. The lowest BCUT2D eigenvalue weighted by Crippen LogP contribution is -2.31. The van der Waals surface area contributed by atoms with Gasteiger partial charge in [0.2, 0.25) is 0 Å². The van der Waals surface area contributed by atoms with Crippen molar-refractivity contribution in [1.82, 2.24) is 14.9 Å². The number of rotatable bonds is 4. The Bertz CT molecular complexity index is 928. The molecule has 7 heteroatoms. The number of hydrogen-bond donors (Lipinski definition) is 1. The van der Waals surface area contributed by atoms with E-state index in [4.69, 9.17) is 11.6 Å². The van der Waals surface area contributed by atoms with Gasteiger partial charge in [-0.05, 0) is 35.9 Å². The summed E-state index contributed by atoms with van der Waals surface area (Å²) in [6, 6.07) is 10.5. The molecule has 0 bridgehead atoms. The summed E-state index contributed by atoms with van der Waals surface area (Å²) in [6.45, 7) is 0. The third-order valence-electron chi connectivity index (χ3n) is 3.75. The van der Waals surface area contributed by atoms with E-state index >= 15 is 0 Å². The topological polar surface area (TPSA) is 46.9 Å². The zero-order chi connectivity index (χ0) is 18.0. The molecular formula is C18H14BrClFN3O. The number of carbonyl (C=O) groups is 1. The number of imidazole rings is 1. The van der Waals surface area contributed by atoms with Crippen molar-refractivity contribution in [2.24, 2.45) is 7.05 Å². The van der Waals surface area contributed by atoms with Crippen LogP contribution in [0.2, 0.25) is 5.02 Å². The Balaban J connectivity index is 1.98. The number of nitrogens with zero attached hydrogens (tertiary/aromatic N) is 2. The van der Waals surface area contributed by atoms with Crippen LogP contribution < -0.4 is 5.32 Å². The largest absolute Gasteiger partial charge is 0.338 e. The van der Waals surface area contributed by atoms with E-state index in [9.17, 15) is 9.18 Å². The monoisotopic (exact) mass is 421 g/mol. The number of aryl methyl sites for hydroxylation is 1. The molecular weight excluding hydrogens is 409 g/mol. The average Bonchev–Trinajstić information content (AvgIpc) is 2.98. The first-order valence-corrected chi connectivity index (χ1v) is 8.61. The predicted octanol–water partition coefficient (Wildman–Crippen LogP) is 4.49. The Morgan fingerprint density at radius 1 is 1.32 bits per heavy atom. The van der Waals surface area contributed by atoms with E-state index in [1.165, 1.54) is 12.1 Å². The van der Waals surface area contributed by atoms with Crippen LogP contribution in [-0.4, -0.2) is 15.5 Å². The highest BCUT2D eigenvalue weighted by Crippen LogP contribution is 2.25. The smallest absolute Gasteiger partial charge is 0.253 e. The Hall–Kier alpha value is -2.18. The minimum Gasteiger partial charge on any atom is -0.338 e. The van der Waals surface area contributed by atoms with Crippen LogP contribution in [0.1, 0.15) is 27.8 Å². The predicted molar refractivity (Wildman–Crippen MR) is 98.1 cm³/mol. The number of halogens is 3. The molecule has 128 valence electrons. The van der Waals surface area contributed by atoms with Crippen LogP contribution in [0.15, 0.2) is 59.3 Å². The van der Waals surface area contributed by atoms with Crippen molar-refractivity contribution in [3.05, 3.63) is 87.1 Å². The normalized spacial score (nSPS) is 12.0. The molecule has 3 aromatic rings. The molecule has 3 rings (SSSR count). The molecule has 0 saturated carbocycles. The number of carbonyl (C=O) groups excluding carboxylic acids is 1. The van der Waals surface area contributed by atoms with Gasteiger partial charge in [0.15, 0.2) is 0 Å². The highest BCUT2D eigenvalue weighted by molar-refractivity contribution is 9.10. The van der Waals surface area contributed by atoms with Gasteiger partial charge in [-0.3, -0.25) is 4.79 Å². The molecule has 0 aliphatic rings. The van der Waals surface area contributed by atoms with E-state index in [1.807, 2.05) is 7.05 Å². The zero-order valence-corrected chi connectivity index (χ0v) is 15.6. The summed E-state index contributed by atoms with van der Waals surface area (Å²) in [5.41, 5.74) is 0.927. The van der Waals surface area contributed by atoms with Crippen LogP contribution in [0.25, 0.3) is 0 Å². The van der Waals surface area contributed by atoms with Gasteiger partial charge in [-0.1, -0.05) is 39.7 Å². The van der Waals surface area contributed by atoms with Crippen molar-refractivity contribution in [3.8, 4) is 0 Å². The maximum absolute atomic E-state index is 13.7. The number of hydrogen-bond acceptors (Lipinski definition) is 2. The quantitative estimate of drug-likeness (QED) is 0.673. The molecule has 1 N–H and O–H groups in total. The summed E-state index contributed by atoms with van der Waals surface area (Å²) in [6.07, 6.45) is 3.39. The second kappa shape index (κ2) is 7.37. The minimum atomic E-state index is -0.608. The van der Waals surface area contributed by atoms with Gasteiger partial charge in [0.25, 0.3) is 5.91 Å². The fourth-order valence-electron chi connectivity index (χ4n) is 2.52. The third kappa shape index (κ3) is 3.91. The van der Waals surface area contributed by atoms with E-state index in [0.29, 0.717) is 22.0 Å². The van der Waals surface area contributed by atoms with Gasteiger partial charge in [0.05, 0.1) is 10.6 Å². The van der Waals surface area contributed by atoms with Crippen molar-refractivity contribution in [3.63, 3.8) is 0 Å². The first kappa shape index (κ1) is 17.6. The van der Waals surface area contributed by atoms with E-state index in [-0.39, 0.29) is 11.7 Å². The van der Waals surface area contributed by atoms with Gasteiger partial charge in [0, 0.05) is 23.9 Å². The summed E-state index contributed by atoms with van der Waals surface area (Å²) in [4.78, 5) is 17.0. The summed E-state index contributed by atoms with van der Waals surface area (Å²) < 4.78 is 16.2. The Labute approximate surface area is 157 Å². The second-order valence-corrected chi connectivity index (χ2v) is 6.80. The van der Waals surface area contributed by atoms with Crippen molar-refractivity contribution in [2.75, 3.05) is 0 Å². The van der Waals surface area contributed by atoms with Crippen LogP contribution in [0.3, 0.4) is 0 Å². The molecule has 1 unspecified atom stereocenters. The lowest BCUT2D eigenvalue weighted by Gasteiger charge is -2.19. The molecule has 0 saturated heterocycles. The van der Waals surface area contributed by atoms with Gasteiger partial charge >= 0.3 is 0 Å². The van der Waals surface area contributed by atoms with Gasteiger partial charge in [-0.25, -0.2) is 9.37 Å². The molecule has 0 radical (unpaired) electrons. The number of aromatic nitrogens is 2. The number of nitrogens with one attached hydrogen (secondary N) is 1. The minimum absolute atomic E-state index is 0.324. The van der Waals surface area contributed by atoms with Gasteiger partial charge in [-0.15, -0.1) is 0 Å². The molecule has 0 aliphatic heterocycles. The molecule has 0 fully saturated rings. The lowest BCUT2D eigenvalue weighted by atomic mass is 10.0. The zero-order valence-electron chi connectivity index (χ0n) is 13.2.